The highest BCUT2D eigenvalue weighted by Gasteiger charge is 2.28. The maximum atomic E-state index is 11.7. The first kappa shape index (κ1) is 10.9. The largest absolute Gasteiger partial charge is 0.393 e. The number of amides is 1. The fourth-order valence-electron chi connectivity index (χ4n) is 1.70. The molecule has 16 heavy (non-hydrogen) atoms. The number of H-pyrrole nitrogens is 1. The van der Waals surface area contributed by atoms with E-state index in [1.165, 1.54) is 19.2 Å². The quantitative estimate of drug-likeness (QED) is 0.650. The fourth-order valence-corrected chi connectivity index (χ4v) is 1.70. The van der Waals surface area contributed by atoms with Gasteiger partial charge in [0.05, 0.1) is 6.10 Å². The Hall–Kier alpha value is -1.62. The molecule has 0 aliphatic heterocycles. The SMILES string of the molecule is CC(=O)c1c[nH]c(C(=O)NC2CC(O)C2)c1. The van der Waals surface area contributed by atoms with E-state index in [0.717, 1.165) is 0 Å². The predicted octanol–water partition coefficient (Wildman–Crippen LogP) is 0.470. The number of aromatic amines is 1. The van der Waals surface area contributed by atoms with Crippen molar-refractivity contribution in [1.82, 2.24) is 10.3 Å². The van der Waals surface area contributed by atoms with Crippen molar-refractivity contribution in [1.29, 1.82) is 0 Å². The molecule has 86 valence electrons. The van der Waals surface area contributed by atoms with E-state index in [2.05, 4.69) is 10.3 Å². The highest BCUT2D eigenvalue weighted by molar-refractivity contribution is 5.99. The van der Waals surface area contributed by atoms with Crippen LogP contribution in [0, 0.1) is 0 Å². The maximum absolute atomic E-state index is 11.7. The standard InChI is InChI=1S/C11H14N2O3/c1-6(14)7-2-10(12-5-7)11(16)13-8-3-9(15)4-8/h2,5,8-9,12,15H,3-4H2,1H3,(H,13,16). The molecule has 0 unspecified atom stereocenters. The number of ketones is 1. The van der Waals surface area contributed by atoms with Gasteiger partial charge in [0.15, 0.2) is 5.78 Å². The Morgan fingerprint density at radius 2 is 2.19 bits per heavy atom. The third kappa shape index (κ3) is 2.14. The number of aromatic nitrogens is 1. The third-order valence-corrected chi connectivity index (χ3v) is 2.78. The molecule has 0 radical (unpaired) electrons. The number of carbonyl (C=O) groups excluding carboxylic acids is 2. The molecule has 1 heterocycles. The molecule has 5 nitrogen and oxygen atoms in total. The lowest BCUT2D eigenvalue weighted by atomic mass is 9.89. The van der Waals surface area contributed by atoms with Gasteiger partial charge in [-0.2, -0.15) is 0 Å². The molecule has 1 aliphatic rings. The monoisotopic (exact) mass is 222 g/mol. The van der Waals surface area contributed by atoms with Crippen molar-refractivity contribution in [3.63, 3.8) is 0 Å². The molecule has 1 aromatic rings. The first-order chi connectivity index (χ1) is 7.56. The maximum Gasteiger partial charge on any atom is 0.267 e. The van der Waals surface area contributed by atoms with Crippen LogP contribution in [0.5, 0.6) is 0 Å². The molecule has 3 N–H and O–H groups in total. The Bertz CT molecular complexity index is 419. The Morgan fingerprint density at radius 3 is 2.69 bits per heavy atom. The summed E-state index contributed by atoms with van der Waals surface area (Å²) in [6, 6.07) is 1.58. The zero-order chi connectivity index (χ0) is 11.7. The van der Waals surface area contributed by atoms with Crippen molar-refractivity contribution in [3.8, 4) is 0 Å². The molecule has 1 aromatic heterocycles. The summed E-state index contributed by atoms with van der Waals surface area (Å²) in [6.07, 6.45) is 2.44. The topological polar surface area (TPSA) is 82.2 Å². The first-order valence-corrected chi connectivity index (χ1v) is 5.24. The van der Waals surface area contributed by atoms with Gasteiger partial charge in [-0.05, 0) is 25.8 Å². The van der Waals surface area contributed by atoms with E-state index < -0.39 is 0 Å². The minimum Gasteiger partial charge on any atom is -0.393 e. The van der Waals surface area contributed by atoms with Crippen LogP contribution in [0.1, 0.15) is 40.6 Å². The summed E-state index contributed by atoms with van der Waals surface area (Å²) in [6.45, 7) is 1.45. The zero-order valence-electron chi connectivity index (χ0n) is 8.99. The molecule has 2 rings (SSSR count). The van der Waals surface area contributed by atoms with Crippen LogP contribution in [0.25, 0.3) is 0 Å². The van der Waals surface area contributed by atoms with Crippen LogP contribution in [-0.2, 0) is 0 Å². The summed E-state index contributed by atoms with van der Waals surface area (Å²) in [4.78, 5) is 25.4. The van der Waals surface area contributed by atoms with Gasteiger partial charge in [0.25, 0.3) is 5.91 Å². The number of aliphatic hydroxyl groups excluding tert-OH is 1. The van der Waals surface area contributed by atoms with Gasteiger partial charge in [-0.25, -0.2) is 0 Å². The van der Waals surface area contributed by atoms with Crippen LogP contribution in [0.15, 0.2) is 12.3 Å². The molecule has 5 heteroatoms. The lowest BCUT2D eigenvalue weighted by Crippen LogP contribution is -2.46. The average molecular weight is 222 g/mol. The van der Waals surface area contributed by atoms with E-state index in [1.54, 1.807) is 0 Å². The zero-order valence-corrected chi connectivity index (χ0v) is 8.99. The molecule has 0 bridgehead atoms. The second-order valence-electron chi connectivity index (χ2n) is 4.15. The van der Waals surface area contributed by atoms with Gasteiger partial charge >= 0.3 is 0 Å². The van der Waals surface area contributed by atoms with Crippen molar-refractivity contribution < 1.29 is 14.7 Å². The molecule has 0 spiro atoms. The highest BCUT2D eigenvalue weighted by Crippen LogP contribution is 2.19. The van der Waals surface area contributed by atoms with E-state index in [9.17, 15) is 9.59 Å². The van der Waals surface area contributed by atoms with E-state index >= 15 is 0 Å². The van der Waals surface area contributed by atoms with Crippen molar-refractivity contribution in [2.45, 2.75) is 31.9 Å². The molecule has 0 saturated heterocycles. The first-order valence-electron chi connectivity index (χ1n) is 5.24. The number of carbonyl (C=O) groups is 2. The number of Topliss-reactive ketones (excluding diaryl/α,β-unsaturated/α-hetero) is 1. The van der Waals surface area contributed by atoms with E-state index in [4.69, 9.17) is 5.11 Å². The van der Waals surface area contributed by atoms with Gasteiger partial charge in [0.2, 0.25) is 0 Å². The van der Waals surface area contributed by atoms with Gasteiger partial charge in [-0.3, -0.25) is 9.59 Å². The molecule has 0 atom stereocenters. The fraction of sp³-hybridized carbons (Fsp3) is 0.455. The van der Waals surface area contributed by atoms with Gasteiger partial charge in [0, 0.05) is 17.8 Å². The molecule has 1 saturated carbocycles. The van der Waals surface area contributed by atoms with Gasteiger partial charge in [0.1, 0.15) is 5.69 Å². The Labute approximate surface area is 92.9 Å². The van der Waals surface area contributed by atoms with Crippen molar-refractivity contribution >= 4 is 11.7 Å². The molecule has 1 aliphatic carbocycles. The Morgan fingerprint density at radius 1 is 1.50 bits per heavy atom. The summed E-state index contributed by atoms with van der Waals surface area (Å²) in [7, 11) is 0. The smallest absolute Gasteiger partial charge is 0.267 e. The van der Waals surface area contributed by atoms with Gasteiger partial charge in [-0.1, -0.05) is 0 Å². The molecule has 1 amide bonds. The minimum atomic E-state index is -0.290. The van der Waals surface area contributed by atoms with Crippen molar-refractivity contribution in [2.75, 3.05) is 0 Å². The normalized spacial score (nSPS) is 23.6. The number of hydrogen-bond donors (Lipinski definition) is 3. The lowest BCUT2D eigenvalue weighted by molar-refractivity contribution is 0.0561. The van der Waals surface area contributed by atoms with Crippen LogP contribution in [0.2, 0.25) is 0 Å². The molecule has 1 fully saturated rings. The number of rotatable bonds is 3. The van der Waals surface area contributed by atoms with Crippen LogP contribution >= 0.6 is 0 Å². The lowest BCUT2D eigenvalue weighted by Gasteiger charge is -2.31. The predicted molar refractivity (Wildman–Crippen MR) is 57.3 cm³/mol. The Kier molecular flexibility index (Phi) is 2.78. The second kappa shape index (κ2) is 4.09. The summed E-state index contributed by atoms with van der Waals surface area (Å²) >= 11 is 0. The molecular formula is C11H14N2O3. The summed E-state index contributed by atoms with van der Waals surface area (Å²) in [5.41, 5.74) is 0.880. The van der Waals surface area contributed by atoms with Crippen LogP contribution in [-0.4, -0.2) is 33.9 Å². The molecule has 0 aromatic carbocycles. The minimum absolute atomic E-state index is 0.0478. The number of nitrogens with one attached hydrogen (secondary N) is 2. The number of hydrogen-bond acceptors (Lipinski definition) is 3. The van der Waals surface area contributed by atoms with Gasteiger partial charge in [-0.15, -0.1) is 0 Å². The third-order valence-electron chi connectivity index (χ3n) is 2.78. The van der Waals surface area contributed by atoms with Crippen molar-refractivity contribution in [2.24, 2.45) is 0 Å². The van der Waals surface area contributed by atoms with Crippen LogP contribution in [0.4, 0.5) is 0 Å². The highest BCUT2D eigenvalue weighted by atomic mass is 16.3. The number of aliphatic hydroxyl groups is 1. The van der Waals surface area contributed by atoms with Crippen LogP contribution in [0.3, 0.4) is 0 Å². The molecular weight excluding hydrogens is 208 g/mol. The second-order valence-corrected chi connectivity index (χ2v) is 4.15. The van der Waals surface area contributed by atoms with E-state index in [1.807, 2.05) is 0 Å². The summed E-state index contributed by atoms with van der Waals surface area (Å²) in [5.74, 6) is -0.307. The van der Waals surface area contributed by atoms with Gasteiger partial charge < -0.3 is 15.4 Å². The van der Waals surface area contributed by atoms with E-state index in [0.29, 0.717) is 24.1 Å². The summed E-state index contributed by atoms with van der Waals surface area (Å²) in [5, 5.41) is 11.8. The Balaban J connectivity index is 1.95. The average Bonchev–Trinajstić information content (AvgIpc) is 2.63. The summed E-state index contributed by atoms with van der Waals surface area (Å²) < 4.78 is 0. The van der Waals surface area contributed by atoms with E-state index in [-0.39, 0.29) is 23.8 Å². The van der Waals surface area contributed by atoms with Crippen LogP contribution < -0.4 is 5.32 Å². The van der Waals surface area contributed by atoms with Crippen molar-refractivity contribution in [3.05, 3.63) is 23.5 Å².